The standard InChI is InChI=1S/C13H12BrFN2O2/c14-9-5-8(3-4-10(9)15)13-16-12(19-17-13)6-11(18)7-1-2-7/h3-5,7,11,18H,1-2,6H2. The molecule has 0 radical (unpaired) electrons. The lowest BCUT2D eigenvalue weighted by molar-refractivity contribution is 0.140. The zero-order chi connectivity index (χ0) is 13.4. The number of benzene rings is 1. The van der Waals surface area contributed by atoms with Gasteiger partial charge in [-0.1, -0.05) is 5.16 Å². The number of hydrogen-bond acceptors (Lipinski definition) is 4. The molecule has 1 N–H and O–H groups in total. The Morgan fingerprint density at radius 2 is 2.26 bits per heavy atom. The number of aromatic nitrogens is 2. The minimum Gasteiger partial charge on any atom is -0.392 e. The summed E-state index contributed by atoms with van der Waals surface area (Å²) in [6.45, 7) is 0. The van der Waals surface area contributed by atoms with Crippen LogP contribution >= 0.6 is 15.9 Å². The van der Waals surface area contributed by atoms with Gasteiger partial charge in [-0.2, -0.15) is 4.98 Å². The zero-order valence-electron chi connectivity index (χ0n) is 10.0. The van der Waals surface area contributed by atoms with Crippen LogP contribution in [0.3, 0.4) is 0 Å². The first kappa shape index (κ1) is 12.7. The molecule has 4 nitrogen and oxygen atoms in total. The van der Waals surface area contributed by atoms with Crippen molar-refractivity contribution in [1.82, 2.24) is 10.1 Å². The van der Waals surface area contributed by atoms with Crippen molar-refractivity contribution in [2.75, 3.05) is 0 Å². The summed E-state index contributed by atoms with van der Waals surface area (Å²) >= 11 is 3.12. The minimum absolute atomic E-state index is 0.336. The Kier molecular flexibility index (Phi) is 3.36. The number of hydrogen-bond donors (Lipinski definition) is 1. The van der Waals surface area contributed by atoms with Crippen molar-refractivity contribution >= 4 is 15.9 Å². The van der Waals surface area contributed by atoms with E-state index in [9.17, 15) is 9.50 Å². The second-order valence-corrected chi connectivity index (χ2v) is 5.60. The molecule has 1 atom stereocenters. The molecule has 100 valence electrons. The summed E-state index contributed by atoms with van der Waals surface area (Å²) in [6, 6.07) is 4.53. The Labute approximate surface area is 117 Å². The first-order valence-corrected chi connectivity index (χ1v) is 6.89. The Morgan fingerprint density at radius 1 is 1.47 bits per heavy atom. The van der Waals surface area contributed by atoms with Crippen LogP contribution in [0.4, 0.5) is 4.39 Å². The summed E-state index contributed by atoms with van der Waals surface area (Å²) in [5, 5.41) is 13.7. The van der Waals surface area contributed by atoms with Crippen LogP contribution in [-0.2, 0) is 6.42 Å². The molecular weight excluding hydrogens is 315 g/mol. The largest absolute Gasteiger partial charge is 0.392 e. The fourth-order valence-corrected chi connectivity index (χ4v) is 2.30. The van der Waals surface area contributed by atoms with Gasteiger partial charge in [0.25, 0.3) is 0 Å². The van der Waals surface area contributed by atoms with Crippen LogP contribution in [0.5, 0.6) is 0 Å². The van der Waals surface area contributed by atoms with Crippen LogP contribution in [0.25, 0.3) is 11.4 Å². The first-order valence-electron chi connectivity index (χ1n) is 6.09. The molecule has 1 heterocycles. The van der Waals surface area contributed by atoms with Crippen LogP contribution in [0.1, 0.15) is 18.7 Å². The van der Waals surface area contributed by atoms with E-state index in [1.807, 2.05) is 0 Å². The summed E-state index contributed by atoms with van der Waals surface area (Å²) in [5.41, 5.74) is 0.671. The average molecular weight is 327 g/mol. The fraction of sp³-hybridized carbons (Fsp3) is 0.385. The van der Waals surface area contributed by atoms with Gasteiger partial charge in [0.15, 0.2) is 0 Å². The molecule has 19 heavy (non-hydrogen) atoms. The summed E-state index contributed by atoms with van der Waals surface area (Å²) in [7, 11) is 0. The zero-order valence-corrected chi connectivity index (χ0v) is 11.6. The van der Waals surface area contributed by atoms with Crippen molar-refractivity contribution in [2.24, 2.45) is 5.92 Å². The Bertz CT molecular complexity index is 598. The van der Waals surface area contributed by atoms with E-state index in [-0.39, 0.29) is 5.82 Å². The van der Waals surface area contributed by atoms with E-state index in [1.165, 1.54) is 6.07 Å². The van der Waals surface area contributed by atoms with E-state index in [0.717, 1.165) is 12.8 Å². The molecule has 0 amide bonds. The number of aliphatic hydroxyl groups is 1. The molecule has 1 saturated carbocycles. The summed E-state index contributed by atoms with van der Waals surface area (Å²) in [6.07, 6.45) is 2.09. The smallest absolute Gasteiger partial charge is 0.229 e. The van der Waals surface area contributed by atoms with E-state index in [1.54, 1.807) is 12.1 Å². The van der Waals surface area contributed by atoms with Crippen LogP contribution < -0.4 is 0 Å². The van der Waals surface area contributed by atoms with Gasteiger partial charge in [-0.25, -0.2) is 4.39 Å². The van der Waals surface area contributed by atoms with Gasteiger partial charge in [0.1, 0.15) is 5.82 Å². The average Bonchev–Trinajstić information content (AvgIpc) is 3.14. The van der Waals surface area contributed by atoms with E-state index in [0.29, 0.717) is 34.1 Å². The third kappa shape index (κ3) is 2.84. The number of rotatable bonds is 4. The van der Waals surface area contributed by atoms with Gasteiger partial charge < -0.3 is 9.63 Å². The van der Waals surface area contributed by atoms with E-state index in [4.69, 9.17) is 4.52 Å². The second kappa shape index (κ2) is 5.02. The Hall–Kier alpha value is -1.27. The molecule has 1 fully saturated rings. The Balaban J connectivity index is 1.77. The Morgan fingerprint density at radius 3 is 2.95 bits per heavy atom. The molecule has 1 aromatic heterocycles. The minimum atomic E-state index is -0.409. The number of aliphatic hydroxyl groups excluding tert-OH is 1. The summed E-state index contributed by atoms with van der Waals surface area (Å²) in [4.78, 5) is 4.22. The van der Waals surface area contributed by atoms with Gasteiger partial charge in [-0.05, 0) is 52.9 Å². The molecule has 0 bridgehead atoms. The van der Waals surface area contributed by atoms with Crippen molar-refractivity contribution < 1.29 is 14.0 Å². The lowest BCUT2D eigenvalue weighted by Gasteiger charge is -2.03. The highest BCUT2D eigenvalue weighted by Crippen LogP contribution is 2.34. The highest BCUT2D eigenvalue weighted by molar-refractivity contribution is 9.10. The third-order valence-corrected chi connectivity index (χ3v) is 3.80. The van der Waals surface area contributed by atoms with E-state index < -0.39 is 6.10 Å². The molecular formula is C13H12BrFN2O2. The van der Waals surface area contributed by atoms with Gasteiger partial charge in [-0.15, -0.1) is 0 Å². The number of nitrogens with zero attached hydrogens (tertiary/aromatic N) is 2. The second-order valence-electron chi connectivity index (χ2n) is 4.75. The molecule has 1 unspecified atom stereocenters. The van der Waals surface area contributed by atoms with Crippen molar-refractivity contribution in [3.05, 3.63) is 34.4 Å². The van der Waals surface area contributed by atoms with Gasteiger partial charge in [0.2, 0.25) is 11.7 Å². The predicted molar refractivity (Wildman–Crippen MR) is 69.8 cm³/mol. The fourth-order valence-electron chi connectivity index (χ4n) is 1.92. The van der Waals surface area contributed by atoms with Gasteiger partial charge >= 0.3 is 0 Å². The van der Waals surface area contributed by atoms with Crippen LogP contribution in [0.15, 0.2) is 27.2 Å². The normalized spacial score (nSPS) is 16.6. The lowest BCUT2D eigenvalue weighted by atomic mass is 10.1. The molecule has 6 heteroatoms. The molecule has 3 rings (SSSR count). The van der Waals surface area contributed by atoms with Gasteiger partial charge in [0, 0.05) is 5.56 Å². The van der Waals surface area contributed by atoms with Gasteiger partial charge in [-0.3, -0.25) is 0 Å². The van der Waals surface area contributed by atoms with Crippen molar-refractivity contribution in [3.8, 4) is 11.4 Å². The van der Waals surface area contributed by atoms with Crippen LogP contribution in [0, 0.1) is 11.7 Å². The maximum atomic E-state index is 13.1. The molecule has 1 aliphatic carbocycles. The van der Waals surface area contributed by atoms with Crippen LogP contribution in [-0.4, -0.2) is 21.4 Å². The monoisotopic (exact) mass is 326 g/mol. The maximum absolute atomic E-state index is 13.1. The summed E-state index contributed by atoms with van der Waals surface area (Å²) < 4.78 is 18.6. The molecule has 2 aromatic rings. The maximum Gasteiger partial charge on any atom is 0.229 e. The third-order valence-electron chi connectivity index (χ3n) is 3.20. The molecule has 0 spiro atoms. The summed E-state index contributed by atoms with van der Waals surface area (Å²) in [5.74, 6) is 0.848. The quantitative estimate of drug-likeness (QED) is 0.938. The first-order chi connectivity index (χ1) is 9.13. The molecule has 1 aliphatic rings. The van der Waals surface area contributed by atoms with Crippen LogP contribution in [0.2, 0.25) is 0 Å². The topological polar surface area (TPSA) is 59.2 Å². The van der Waals surface area contributed by atoms with Crippen molar-refractivity contribution in [1.29, 1.82) is 0 Å². The predicted octanol–water partition coefficient (Wildman–Crippen LogP) is 2.95. The van der Waals surface area contributed by atoms with E-state index >= 15 is 0 Å². The SMILES string of the molecule is OC(Cc1nc(-c2ccc(F)c(Br)c2)no1)C1CC1. The number of halogens is 2. The van der Waals surface area contributed by atoms with Crippen molar-refractivity contribution in [3.63, 3.8) is 0 Å². The molecule has 1 aromatic carbocycles. The molecule has 0 aliphatic heterocycles. The molecule has 0 saturated heterocycles. The van der Waals surface area contributed by atoms with Crippen molar-refractivity contribution in [2.45, 2.75) is 25.4 Å². The highest BCUT2D eigenvalue weighted by Gasteiger charge is 2.31. The van der Waals surface area contributed by atoms with Gasteiger partial charge in [0.05, 0.1) is 17.0 Å². The highest BCUT2D eigenvalue weighted by atomic mass is 79.9. The van der Waals surface area contributed by atoms with E-state index in [2.05, 4.69) is 26.1 Å². The lowest BCUT2D eigenvalue weighted by Crippen LogP contribution is -2.12.